The van der Waals surface area contributed by atoms with Gasteiger partial charge < -0.3 is 0 Å². The van der Waals surface area contributed by atoms with Crippen LogP contribution in [0.2, 0.25) is 0 Å². The molecular formula is C28H37F3O. The third kappa shape index (κ3) is 4.99. The van der Waals surface area contributed by atoms with Gasteiger partial charge in [0.2, 0.25) is 5.78 Å². The number of unbranched alkanes of at least 4 members (excludes halogenated alkanes) is 3. The Balaban J connectivity index is 1.30. The van der Waals surface area contributed by atoms with Crippen molar-refractivity contribution in [2.75, 3.05) is 0 Å². The van der Waals surface area contributed by atoms with Gasteiger partial charge in [-0.2, -0.15) is 8.78 Å². The van der Waals surface area contributed by atoms with E-state index in [1.54, 1.807) is 6.07 Å². The Kier molecular flexibility index (Phi) is 7.47. The second kappa shape index (κ2) is 10.1. The molecule has 0 N–H and O–H groups in total. The molecule has 2 saturated carbocycles. The molecule has 2 fully saturated rings. The Morgan fingerprint density at radius 1 is 0.875 bits per heavy atom. The van der Waals surface area contributed by atoms with Crippen LogP contribution in [0.4, 0.5) is 13.2 Å². The van der Waals surface area contributed by atoms with Crippen molar-refractivity contribution in [1.29, 1.82) is 0 Å². The Bertz CT molecular complexity index is 827. The first-order chi connectivity index (χ1) is 15.4. The lowest BCUT2D eigenvalue weighted by atomic mass is 9.67. The van der Waals surface area contributed by atoms with Crippen molar-refractivity contribution in [3.63, 3.8) is 0 Å². The maximum absolute atomic E-state index is 14.6. The number of carbonyl (C=O) groups is 1. The van der Waals surface area contributed by atoms with Crippen molar-refractivity contribution in [3.05, 3.63) is 40.7 Å². The second-order valence-corrected chi connectivity index (χ2v) is 10.5. The molecule has 0 amide bonds. The molecule has 32 heavy (non-hydrogen) atoms. The van der Waals surface area contributed by atoms with Crippen molar-refractivity contribution < 1.29 is 18.0 Å². The third-order valence-corrected chi connectivity index (χ3v) is 8.45. The van der Waals surface area contributed by atoms with E-state index < -0.39 is 23.1 Å². The zero-order valence-electron chi connectivity index (χ0n) is 19.4. The summed E-state index contributed by atoms with van der Waals surface area (Å²) >= 11 is 0. The first-order valence-corrected chi connectivity index (χ1v) is 12.8. The largest absolute Gasteiger partial charge is 0.337 e. The summed E-state index contributed by atoms with van der Waals surface area (Å²) in [6, 6.07) is 2.94. The van der Waals surface area contributed by atoms with Crippen LogP contribution in [0, 0.1) is 23.6 Å². The lowest BCUT2D eigenvalue weighted by molar-refractivity contribution is -0.139. The van der Waals surface area contributed by atoms with E-state index in [2.05, 4.69) is 6.92 Å². The highest BCUT2D eigenvalue weighted by Gasteiger charge is 2.45. The molecule has 0 aromatic heterocycles. The number of hydrogen-bond donors (Lipinski definition) is 0. The standard InChI is InChI=1S/C28H37F3O/c1-2-3-4-5-6-19-7-9-20(10-8-19)21-11-13-22(14-12-21)24-17-23-15-16-26(32)28(30,31)27(23)25(29)18-24/h15-22H,2-14H2,1H3. The molecule has 3 aliphatic carbocycles. The minimum atomic E-state index is -3.76. The second-order valence-electron chi connectivity index (χ2n) is 10.5. The number of ketones is 1. The van der Waals surface area contributed by atoms with E-state index >= 15 is 0 Å². The third-order valence-electron chi connectivity index (χ3n) is 8.45. The first-order valence-electron chi connectivity index (χ1n) is 12.8. The highest BCUT2D eigenvalue weighted by atomic mass is 19.3. The normalized spacial score (nSPS) is 29.7. The number of allylic oxidation sites excluding steroid dienone is 1. The number of hydrogen-bond acceptors (Lipinski definition) is 1. The molecule has 0 spiro atoms. The van der Waals surface area contributed by atoms with Gasteiger partial charge in [-0.15, -0.1) is 0 Å². The fourth-order valence-corrected chi connectivity index (χ4v) is 6.47. The number of benzene rings is 1. The molecule has 1 aromatic rings. The molecule has 1 aromatic carbocycles. The maximum Gasteiger partial charge on any atom is 0.337 e. The SMILES string of the molecule is CCCCCCC1CCC(C2CCC(c3cc(F)c4c(c3)C=CC(=O)C4(F)F)CC2)CC1. The van der Waals surface area contributed by atoms with Gasteiger partial charge in [0.1, 0.15) is 5.82 Å². The van der Waals surface area contributed by atoms with Crippen molar-refractivity contribution in [2.24, 2.45) is 17.8 Å². The van der Waals surface area contributed by atoms with Gasteiger partial charge >= 0.3 is 5.92 Å². The predicted octanol–water partition coefficient (Wildman–Crippen LogP) is 8.56. The summed E-state index contributed by atoms with van der Waals surface area (Å²) in [6.45, 7) is 2.26. The molecule has 0 radical (unpaired) electrons. The average Bonchev–Trinajstić information content (AvgIpc) is 2.79. The molecule has 4 rings (SSSR count). The van der Waals surface area contributed by atoms with Crippen molar-refractivity contribution in [1.82, 2.24) is 0 Å². The highest BCUT2D eigenvalue weighted by Crippen LogP contribution is 2.46. The maximum atomic E-state index is 14.6. The monoisotopic (exact) mass is 446 g/mol. The summed E-state index contributed by atoms with van der Waals surface area (Å²) < 4.78 is 43.0. The van der Waals surface area contributed by atoms with E-state index in [1.807, 2.05) is 0 Å². The molecule has 4 heteroatoms. The number of alkyl halides is 2. The van der Waals surface area contributed by atoms with E-state index in [4.69, 9.17) is 0 Å². The number of carbonyl (C=O) groups excluding carboxylic acids is 1. The van der Waals surface area contributed by atoms with Crippen molar-refractivity contribution in [2.45, 2.75) is 102 Å². The van der Waals surface area contributed by atoms with Crippen LogP contribution in [0.25, 0.3) is 6.08 Å². The summed E-state index contributed by atoms with van der Waals surface area (Å²) in [7, 11) is 0. The predicted molar refractivity (Wildman–Crippen MR) is 123 cm³/mol. The zero-order valence-corrected chi connectivity index (χ0v) is 19.4. The summed E-state index contributed by atoms with van der Waals surface area (Å²) in [5.41, 5.74) is 0.211. The van der Waals surface area contributed by atoms with E-state index in [1.165, 1.54) is 69.9 Å². The molecule has 176 valence electrons. The van der Waals surface area contributed by atoms with Gasteiger partial charge in [-0.3, -0.25) is 4.79 Å². The minimum Gasteiger partial charge on any atom is -0.288 e. The Labute approximate surface area is 190 Å². The molecule has 0 heterocycles. The highest BCUT2D eigenvalue weighted by molar-refractivity contribution is 6.02. The van der Waals surface area contributed by atoms with Crippen LogP contribution in [-0.4, -0.2) is 5.78 Å². The van der Waals surface area contributed by atoms with Crippen LogP contribution < -0.4 is 0 Å². The zero-order chi connectivity index (χ0) is 22.7. The molecule has 0 atom stereocenters. The minimum absolute atomic E-state index is 0.156. The van der Waals surface area contributed by atoms with Crippen LogP contribution in [0.1, 0.15) is 113 Å². The summed E-state index contributed by atoms with van der Waals surface area (Å²) in [4.78, 5) is 11.5. The molecule has 1 nitrogen and oxygen atoms in total. The Morgan fingerprint density at radius 3 is 2.19 bits per heavy atom. The van der Waals surface area contributed by atoms with Gasteiger partial charge in [0.15, 0.2) is 0 Å². The lowest BCUT2D eigenvalue weighted by Crippen LogP contribution is -2.29. The first kappa shape index (κ1) is 23.6. The van der Waals surface area contributed by atoms with Crippen LogP contribution in [0.15, 0.2) is 18.2 Å². The van der Waals surface area contributed by atoms with Gasteiger partial charge in [-0.25, -0.2) is 4.39 Å². The molecular weight excluding hydrogens is 409 g/mol. The van der Waals surface area contributed by atoms with Crippen LogP contribution >= 0.6 is 0 Å². The topological polar surface area (TPSA) is 17.1 Å². The average molecular weight is 447 g/mol. The fraction of sp³-hybridized carbons (Fsp3) is 0.679. The fourth-order valence-electron chi connectivity index (χ4n) is 6.47. The number of halogens is 3. The number of rotatable bonds is 7. The van der Waals surface area contributed by atoms with E-state index in [0.717, 1.165) is 55.1 Å². The van der Waals surface area contributed by atoms with E-state index in [-0.39, 0.29) is 11.5 Å². The molecule has 0 aliphatic heterocycles. The molecule has 0 bridgehead atoms. The Hall–Kier alpha value is -1.58. The molecule has 3 aliphatic rings. The van der Waals surface area contributed by atoms with Crippen molar-refractivity contribution >= 4 is 11.9 Å². The summed E-state index contributed by atoms with van der Waals surface area (Å²) in [5, 5.41) is 0. The van der Waals surface area contributed by atoms with Crippen LogP contribution in [-0.2, 0) is 10.7 Å². The van der Waals surface area contributed by atoms with Gasteiger partial charge in [0.05, 0.1) is 5.56 Å². The van der Waals surface area contributed by atoms with E-state index in [9.17, 15) is 18.0 Å². The molecule has 0 unspecified atom stereocenters. The number of fused-ring (bicyclic) bond motifs is 1. The van der Waals surface area contributed by atoms with Crippen molar-refractivity contribution in [3.8, 4) is 0 Å². The van der Waals surface area contributed by atoms with E-state index in [0.29, 0.717) is 0 Å². The summed E-state index contributed by atoms with van der Waals surface area (Å²) in [6.07, 6.45) is 18.8. The van der Waals surface area contributed by atoms with Gasteiger partial charge in [-0.1, -0.05) is 64.0 Å². The van der Waals surface area contributed by atoms with Gasteiger partial charge in [0.25, 0.3) is 0 Å². The van der Waals surface area contributed by atoms with Gasteiger partial charge in [-0.05, 0) is 85.5 Å². The molecule has 0 saturated heterocycles. The smallest absolute Gasteiger partial charge is 0.288 e. The van der Waals surface area contributed by atoms with Gasteiger partial charge in [0, 0.05) is 0 Å². The Morgan fingerprint density at radius 2 is 1.53 bits per heavy atom. The summed E-state index contributed by atoms with van der Waals surface area (Å²) in [5.74, 6) is -3.31. The lowest BCUT2D eigenvalue weighted by Gasteiger charge is -2.38. The van der Waals surface area contributed by atoms with Crippen LogP contribution in [0.3, 0.4) is 0 Å². The quantitative estimate of drug-likeness (QED) is 0.383. The van der Waals surface area contributed by atoms with Crippen LogP contribution in [0.5, 0.6) is 0 Å².